The number of oxazole rings is 1. The molecule has 2 aromatic rings. The third-order valence-electron chi connectivity index (χ3n) is 3.74. The van der Waals surface area contributed by atoms with Crippen LogP contribution < -0.4 is 5.32 Å². The molecular formula is C13H15ClN2O. The maximum atomic E-state index is 6.12. The van der Waals surface area contributed by atoms with Crippen LogP contribution in [-0.4, -0.2) is 18.1 Å². The van der Waals surface area contributed by atoms with Gasteiger partial charge in [0.1, 0.15) is 5.52 Å². The largest absolute Gasteiger partial charge is 0.438 e. The van der Waals surface area contributed by atoms with Crippen LogP contribution in [0.25, 0.3) is 11.1 Å². The van der Waals surface area contributed by atoms with Crippen LogP contribution >= 0.6 is 11.6 Å². The molecule has 1 N–H and O–H groups in total. The Morgan fingerprint density at radius 3 is 3.06 bits per heavy atom. The van der Waals surface area contributed by atoms with E-state index in [4.69, 9.17) is 16.0 Å². The van der Waals surface area contributed by atoms with Crippen molar-refractivity contribution < 1.29 is 4.42 Å². The highest BCUT2D eigenvalue weighted by atomic mass is 35.5. The molecular weight excluding hydrogens is 236 g/mol. The average Bonchev–Trinajstić information content (AvgIpc) is 2.96. The minimum Gasteiger partial charge on any atom is -0.438 e. The number of nitrogens with one attached hydrogen (secondary N) is 1. The number of benzene rings is 1. The van der Waals surface area contributed by atoms with E-state index < -0.39 is 0 Å². The Morgan fingerprint density at radius 1 is 1.53 bits per heavy atom. The van der Waals surface area contributed by atoms with Crippen molar-refractivity contribution in [3.63, 3.8) is 0 Å². The quantitative estimate of drug-likeness (QED) is 0.890. The van der Waals surface area contributed by atoms with Crippen molar-refractivity contribution in [3.8, 4) is 0 Å². The van der Waals surface area contributed by atoms with Gasteiger partial charge in [0.25, 0.3) is 0 Å². The van der Waals surface area contributed by atoms with Crippen molar-refractivity contribution in [2.45, 2.75) is 25.2 Å². The molecule has 0 aliphatic carbocycles. The lowest BCUT2D eigenvalue weighted by Gasteiger charge is -2.21. The van der Waals surface area contributed by atoms with E-state index in [1.807, 2.05) is 18.2 Å². The third-order valence-corrected chi connectivity index (χ3v) is 4.04. The van der Waals surface area contributed by atoms with E-state index in [9.17, 15) is 0 Å². The number of aromatic nitrogens is 1. The molecule has 0 bridgehead atoms. The zero-order valence-electron chi connectivity index (χ0n) is 9.79. The van der Waals surface area contributed by atoms with Crippen molar-refractivity contribution in [1.29, 1.82) is 0 Å². The zero-order valence-corrected chi connectivity index (χ0v) is 10.5. The van der Waals surface area contributed by atoms with Gasteiger partial charge in [-0.25, -0.2) is 4.98 Å². The molecule has 1 saturated heterocycles. The van der Waals surface area contributed by atoms with E-state index in [0.29, 0.717) is 10.6 Å². The monoisotopic (exact) mass is 250 g/mol. The van der Waals surface area contributed by atoms with Gasteiger partial charge in [-0.15, -0.1) is 0 Å². The van der Waals surface area contributed by atoms with E-state index in [-0.39, 0.29) is 5.41 Å². The lowest BCUT2D eigenvalue weighted by molar-refractivity contribution is 0.344. The van der Waals surface area contributed by atoms with Gasteiger partial charge in [-0.05, 0) is 31.5 Å². The fraction of sp³-hybridized carbons (Fsp3) is 0.462. The molecule has 1 aromatic carbocycles. The van der Waals surface area contributed by atoms with E-state index in [1.54, 1.807) is 0 Å². The molecule has 3 nitrogen and oxygen atoms in total. The highest BCUT2D eigenvalue weighted by molar-refractivity contribution is 6.34. The number of halogens is 1. The second-order valence-electron chi connectivity index (χ2n) is 4.67. The molecule has 1 fully saturated rings. The molecule has 0 spiro atoms. The lowest BCUT2D eigenvalue weighted by atomic mass is 9.84. The normalized spacial score (nSPS) is 24.6. The highest BCUT2D eigenvalue weighted by Crippen LogP contribution is 2.36. The molecule has 2 heterocycles. The molecule has 0 amide bonds. The van der Waals surface area contributed by atoms with Crippen molar-refractivity contribution in [2.75, 3.05) is 13.1 Å². The number of nitrogens with zero attached hydrogens (tertiary/aromatic N) is 1. The van der Waals surface area contributed by atoms with Crippen LogP contribution in [0.5, 0.6) is 0 Å². The third kappa shape index (κ3) is 1.65. The van der Waals surface area contributed by atoms with Gasteiger partial charge in [0.2, 0.25) is 5.89 Å². The van der Waals surface area contributed by atoms with Gasteiger partial charge in [0.15, 0.2) is 5.58 Å². The first kappa shape index (κ1) is 11.1. The van der Waals surface area contributed by atoms with Crippen molar-refractivity contribution in [1.82, 2.24) is 10.3 Å². The fourth-order valence-corrected chi connectivity index (χ4v) is 2.73. The Kier molecular flexibility index (Phi) is 2.60. The summed E-state index contributed by atoms with van der Waals surface area (Å²) < 4.78 is 5.89. The molecule has 1 aliphatic heterocycles. The zero-order chi connectivity index (χ0) is 11.9. The Morgan fingerprint density at radius 2 is 2.41 bits per heavy atom. The Bertz CT molecular complexity index is 543. The fourth-order valence-electron chi connectivity index (χ4n) is 2.52. The van der Waals surface area contributed by atoms with Gasteiger partial charge >= 0.3 is 0 Å². The van der Waals surface area contributed by atoms with Gasteiger partial charge in [-0.2, -0.15) is 0 Å². The number of para-hydroxylation sites is 1. The van der Waals surface area contributed by atoms with E-state index >= 15 is 0 Å². The molecule has 1 atom stereocenters. The Hall–Kier alpha value is -1.06. The molecule has 1 aromatic heterocycles. The summed E-state index contributed by atoms with van der Waals surface area (Å²) in [7, 11) is 0. The van der Waals surface area contributed by atoms with Crippen LogP contribution in [0, 0.1) is 0 Å². The molecule has 0 saturated carbocycles. The predicted molar refractivity (Wildman–Crippen MR) is 68.5 cm³/mol. The summed E-state index contributed by atoms with van der Waals surface area (Å²) in [6.45, 7) is 4.15. The maximum Gasteiger partial charge on any atom is 0.203 e. The molecule has 0 radical (unpaired) electrons. The van der Waals surface area contributed by atoms with Gasteiger partial charge in [0.05, 0.1) is 10.4 Å². The van der Waals surface area contributed by atoms with Crippen LogP contribution in [0.4, 0.5) is 0 Å². The summed E-state index contributed by atoms with van der Waals surface area (Å²) in [6.07, 6.45) is 2.11. The van der Waals surface area contributed by atoms with Crippen molar-refractivity contribution in [2.24, 2.45) is 0 Å². The number of hydrogen-bond acceptors (Lipinski definition) is 3. The summed E-state index contributed by atoms with van der Waals surface area (Å²) in [5.74, 6) is 0.827. The summed E-state index contributed by atoms with van der Waals surface area (Å²) >= 11 is 6.12. The number of fused-ring (bicyclic) bond motifs is 1. The molecule has 1 unspecified atom stereocenters. The lowest BCUT2D eigenvalue weighted by Crippen LogP contribution is -2.28. The van der Waals surface area contributed by atoms with Crippen LogP contribution in [0.1, 0.15) is 25.7 Å². The SMILES string of the molecule is CCC1(c2nc3cccc(Cl)c3o2)CCNC1. The first-order chi connectivity index (χ1) is 8.25. The molecule has 1 aliphatic rings. The Balaban J connectivity index is 2.14. The minimum absolute atomic E-state index is 0.0440. The molecule has 3 rings (SSSR count). The number of hydrogen-bond donors (Lipinski definition) is 1. The number of rotatable bonds is 2. The predicted octanol–water partition coefficient (Wildman–Crippen LogP) is 3.12. The van der Waals surface area contributed by atoms with Gasteiger partial charge in [0, 0.05) is 6.54 Å². The van der Waals surface area contributed by atoms with Crippen LogP contribution in [-0.2, 0) is 5.41 Å². The van der Waals surface area contributed by atoms with E-state index in [0.717, 1.165) is 37.3 Å². The Labute approximate surface area is 105 Å². The van der Waals surface area contributed by atoms with E-state index in [1.165, 1.54) is 0 Å². The smallest absolute Gasteiger partial charge is 0.203 e. The summed E-state index contributed by atoms with van der Waals surface area (Å²) in [5, 5.41) is 4.03. The second-order valence-corrected chi connectivity index (χ2v) is 5.07. The molecule has 4 heteroatoms. The first-order valence-electron chi connectivity index (χ1n) is 6.01. The van der Waals surface area contributed by atoms with Crippen LogP contribution in [0.3, 0.4) is 0 Å². The van der Waals surface area contributed by atoms with Crippen LogP contribution in [0.2, 0.25) is 5.02 Å². The summed E-state index contributed by atoms with van der Waals surface area (Å²) in [4.78, 5) is 4.61. The highest BCUT2D eigenvalue weighted by Gasteiger charge is 2.38. The summed E-state index contributed by atoms with van der Waals surface area (Å²) in [5.41, 5.74) is 1.61. The van der Waals surface area contributed by atoms with Gasteiger partial charge < -0.3 is 9.73 Å². The van der Waals surface area contributed by atoms with E-state index in [2.05, 4.69) is 17.2 Å². The first-order valence-corrected chi connectivity index (χ1v) is 6.39. The molecule has 90 valence electrons. The molecule has 17 heavy (non-hydrogen) atoms. The van der Waals surface area contributed by atoms with Crippen molar-refractivity contribution >= 4 is 22.7 Å². The summed E-state index contributed by atoms with van der Waals surface area (Å²) in [6, 6.07) is 5.69. The topological polar surface area (TPSA) is 38.1 Å². The van der Waals surface area contributed by atoms with Gasteiger partial charge in [-0.1, -0.05) is 24.6 Å². The van der Waals surface area contributed by atoms with Crippen molar-refractivity contribution in [3.05, 3.63) is 29.1 Å². The second kappa shape index (κ2) is 4.00. The van der Waals surface area contributed by atoms with Gasteiger partial charge in [-0.3, -0.25) is 0 Å². The standard InChI is InChI=1S/C13H15ClN2O/c1-2-13(6-7-15-8-13)12-16-10-5-3-4-9(14)11(10)17-12/h3-5,15H,2,6-8H2,1H3. The average molecular weight is 251 g/mol. The van der Waals surface area contributed by atoms with Crippen LogP contribution in [0.15, 0.2) is 22.6 Å². The maximum absolute atomic E-state index is 6.12. The minimum atomic E-state index is 0.0440.